The van der Waals surface area contributed by atoms with Crippen LogP contribution in [-0.2, 0) is 24.5 Å². The van der Waals surface area contributed by atoms with Crippen LogP contribution in [-0.4, -0.2) is 5.91 Å². The summed E-state index contributed by atoms with van der Waals surface area (Å²) < 4.78 is 6.67. The smallest absolute Gasteiger partial charge is 0.253 e. The van der Waals surface area contributed by atoms with E-state index in [4.69, 9.17) is 16.3 Å². The molecule has 0 aliphatic rings. The van der Waals surface area contributed by atoms with Gasteiger partial charge in [0.05, 0.1) is 23.8 Å². The normalized spacial score (nSPS) is 10.6. The summed E-state index contributed by atoms with van der Waals surface area (Å²) in [4.78, 5) is 12.4. The van der Waals surface area contributed by atoms with Crippen LogP contribution in [0.15, 0.2) is 77.3 Å². The Morgan fingerprint density at radius 2 is 1.63 bits per heavy atom. The number of benzene rings is 3. The van der Waals surface area contributed by atoms with E-state index >= 15 is 0 Å². The molecule has 0 saturated heterocycles. The third kappa shape index (κ3) is 5.67. The van der Waals surface area contributed by atoms with Gasteiger partial charge in [-0.2, -0.15) is 0 Å². The Morgan fingerprint density at radius 1 is 0.926 bits per heavy atom. The molecule has 27 heavy (non-hydrogen) atoms. The van der Waals surface area contributed by atoms with Crippen LogP contribution >= 0.6 is 27.5 Å². The fraction of sp³-hybridized carbons (Fsp3) is 0.136. The standard InChI is InChI=1S/C22H19BrClNO2/c23-19-10-11-20(21(24)12-19)22(26)25-13-17-8-4-5-9-18(17)15-27-14-16-6-2-1-3-7-16/h1-12H,13-15H2,(H,25,26). The average molecular weight is 445 g/mol. The lowest BCUT2D eigenvalue weighted by Gasteiger charge is -2.12. The third-order valence-corrected chi connectivity index (χ3v) is 4.91. The van der Waals surface area contributed by atoms with Gasteiger partial charge in [-0.15, -0.1) is 0 Å². The fourth-order valence-electron chi connectivity index (χ4n) is 2.67. The molecule has 3 aromatic carbocycles. The molecule has 0 heterocycles. The summed E-state index contributed by atoms with van der Waals surface area (Å²) in [6.07, 6.45) is 0. The molecule has 0 saturated carbocycles. The van der Waals surface area contributed by atoms with Gasteiger partial charge in [-0.05, 0) is 34.9 Å². The number of hydrogen-bond donors (Lipinski definition) is 1. The van der Waals surface area contributed by atoms with Gasteiger partial charge in [-0.25, -0.2) is 0 Å². The van der Waals surface area contributed by atoms with Crippen molar-refractivity contribution in [2.24, 2.45) is 0 Å². The van der Waals surface area contributed by atoms with Crippen LogP contribution in [0.2, 0.25) is 5.02 Å². The molecule has 3 aromatic rings. The molecule has 0 aliphatic heterocycles. The van der Waals surface area contributed by atoms with Crippen LogP contribution in [0.3, 0.4) is 0 Å². The molecule has 0 spiro atoms. The van der Waals surface area contributed by atoms with Gasteiger partial charge in [0.25, 0.3) is 5.91 Å². The highest BCUT2D eigenvalue weighted by molar-refractivity contribution is 9.10. The fourth-order valence-corrected chi connectivity index (χ4v) is 3.43. The van der Waals surface area contributed by atoms with E-state index in [1.807, 2.05) is 54.6 Å². The van der Waals surface area contributed by atoms with Crippen molar-refractivity contribution in [3.05, 3.63) is 105 Å². The first kappa shape index (κ1) is 19.6. The molecular formula is C22H19BrClNO2. The van der Waals surface area contributed by atoms with Crippen LogP contribution in [0, 0.1) is 0 Å². The van der Waals surface area contributed by atoms with Crippen molar-refractivity contribution in [2.45, 2.75) is 19.8 Å². The van der Waals surface area contributed by atoms with E-state index in [-0.39, 0.29) is 5.91 Å². The highest BCUT2D eigenvalue weighted by Gasteiger charge is 2.11. The number of halogens is 2. The van der Waals surface area contributed by atoms with Crippen molar-refractivity contribution in [1.29, 1.82) is 0 Å². The van der Waals surface area contributed by atoms with Crippen molar-refractivity contribution >= 4 is 33.4 Å². The van der Waals surface area contributed by atoms with Crippen molar-refractivity contribution in [3.8, 4) is 0 Å². The second-order valence-electron chi connectivity index (χ2n) is 6.05. The Morgan fingerprint density at radius 3 is 2.37 bits per heavy atom. The molecule has 0 aromatic heterocycles. The molecular weight excluding hydrogens is 426 g/mol. The van der Waals surface area contributed by atoms with Gasteiger partial charge in [-0.3, -0.25) is 4.79 Å². The highest BCUT2D eigenvalue weighted by atomic mass is 79.9. The van der Waals surface area contributed by atoms with Crippen LogP contribution < -0.4 is 5.32 Å². The number of ether oxygens (including phenoxy) is 1. The Hall–Kier alpha value is -2.14. The second kappa shape index (κ2) is 9.70. The largest absolute Gasteiger partial charge is 0.372 e. The van der Waals surface area contributed by atoms with E-state index in [9.17, 15) is 4.79 Å². The minimum atomic E-state index is -0.201. The average Bonchev–Trinajstić information content (AvgIpc) is 2.68. The van der Waals surface area contributed by atoms with E-state index in [0.29, 0.717) is 30.3 Å². The van der Waals surface area contributed by atoms with Crippen LogP contribution in [0.25, 0.3) is 0 Å². The first-order valence-electron chi connectivity index (χ1n) is 8.55. The topological polar surface area (TPSA) is 38.3 Å². The summed E-state index contributed by atoms with van der Waals surface area (Å²) in [6.45, 7) is 1.45. The number of carbonyl (C=O) groups is 1. The molecule has 0 radical (unpaired) electrons. The molecule has 1 N–H and O–H groups in total. The summed E-state index contributed by atoms with van der Waals surface area (Å²) in [5.74, 6) is -0.201. The van der Waals surface area contributed by atoms with Gasteiger partial charge in [0.1, 0.15) is 0 Å². The molecule has 1 amide bonds. The Balaban J connectivity index is 1.59. The number of amides is 1. The zero-order valence-electron chi connectivity index (χ0n) is 14.6. The van der Waals surface area contributed by atoms with Crippen LogP contribution in [0.1, 0.15) is 27.0 Å². The number of carbonyl (C=O) groups excluding carboxylic acids is 1. The van der Waals surface area contributed by atoms with Gasteiger partial charge in [0.15, 0.2) is 0 Å². The second-order valence-corrected chi connectivity index (χ2v) is 7.38. The maximum absolute atomic E-state index is 12.4. The molecule has 0 bridgehead atoms. The summed E-state index contributed by atoms with van der Waals surface area (Å²) in [5.41, 5.74) is 3.66. The maximum Gasteiger partial charge on any atom is 0.253 e. The minimum Gasteiger partial charge on any atom is -0.372 e. The van der Waals surface area contributed by atoms with Gasteiger partial charge < -0.3 is 10.1 Å². The first-order chi connectivity index (χ1) is 13.1. The van der Waals surface area contributed by atoms with Gasteiger partial charge >= 0.3 is 0 Å². The van der Waals surface area contributed by atoms with Gasteiger partial charge in [0.2, 0.25) is 0 Å². The number of hydrogen-bond acceptors (Lipinski definition) is 2. The highest BCUT2D eigenvalue weighted by Crippen LogP contribution is 2.21. The minimum absolute atomic E-state index is 0.201. The molecule has 0 atom stereocenters. The molecule has 0 unspecified atom stereocenters. The monoisotopic (exact) mass is 443 g/mol. The summed E-state index contributed by atoms with van der Waals surface area (Å²) in [5, 5.41) is 3.35. The van der Waals surface area contributed by atoms with E-state index < -0.39 is 0 Å². The van der Waals surface area contributed by atoms with E-state index in [1.165, 1.54) is 0 Å². The molecule has 5 heteroatoms. The quantitative estimate of drug-likeness (QED) is 0.504. The van der Waals surface area contributed by atoms with Crippen molar-refractivity contribution < 1.29 is 9.53 Å². The summed E-state index contributed by atoms with van der Waals surface area (Å²) >= 11 is 9.49. The summed E-state index contributed by atoms with van der Waals surface area (Å²) in [6, 6.07) is 23.2. The molecule has 138 valence electrons. The first-order valence-corrected chi connectivity index (χ1v) is 9.72. The zero-order valence-corrected chi connectivity index (χ0v) is 17.0. The third-order valence-electron chi connectivity index (χ3n) is 4.10. The van der Waals surface area contributed by atoms with Gasteiger partial charge in [0, 0.05) is 11.0 Å². The lowest BCUT2D eigenvalue weighted by atomic mass is 10.1. The van der Waals surface area contributed by atoms with Crippen LogP contribution in [0.5, 0.6) is 0 Å². The summed E-state index contributed by atoms with van der Waals surface area (Å²) in [7, 11) is 0. The maximum atomic E-state index is 12.4. The van der Waals surface area contributed by atoms with Crippen LogP contribution in [0.4, 0.5) is 0 Å². The Kier molecular flexibility index (Phi) is 7.04. The molecule has 3 rings (SSSR count). The number of rotatable bonds is 7. The number of nitrogens with one attached hydrogen (secondary N) is 1. The van der Waals surface area contributed by atoms with Gasteiger partial charge in [-0.1, -0.05) is 82.1 Å². The lowest BCUT2D eigenvalue weighted by molar-refractivity contribution is 0.0947. The van der Waals surface area contributed by atoms with Crippen molar-refractivity contribution in [3.63, 3.8) is 0 Å². The molecule has 0 fully saturated rings. The zero-order chi connectivity index (χ0) is 19.1. The van der Waals surface area contributed by atoms with Crippen molar-refractivity contribution in [2.75, 3.05) is 0 Å². The van der Waals surface area contributed by atoms with E-state index in [2.05, 4.69) is 21.2 Å². The lowest BCUT2D eigenvalue weighted by Crippen LogP contribution is -2.23. The predicted octanol–water partition coefficient (Wildman–Crippen LogP) is 5.75. The Labute approximate surface area is 172 Å². The predicted molar refractivity (Wildman–Crippen MR) is 112 cm³/mol. The molecule has 0 aliphatic carbocycles. The van der Waals surface area contributed by atoms with E-state index in [1.54, 1.807) is 18.2 Å². The van der Waals surface area contributed by atoms with E-state index in [0.717, 1.165) is 21.2 Å². The SMILES string of the molecule is O=C(NCc1ccccc1COCc1ccccc1)c1ccc(Br)cc1Cl. The molecule has 3 nitrogen and oxygen atoms in total. The Bertz CT molecular complexity index is 915. The van der Waals surface area contributed by atoms with Crippen molar-refractivity contribution in [1.82, 2.24) is 5.32 Å².